The summed E-state index contributed by atoms with van der Waals surface area (Å²) in [5, 5.41) is 15.3. The predicted molar refractivity (Wildman–Crippen MR) is 77.5 cm³/mol. The molecule has 4 rings (SSSR count). The number of nitrogens with zero attached hydrogens (tertiary/aromatic N) is 4. The number of hydrogen-bond donors (Lipinski definition) is 1. The molecule has 22 heavy (non-hydrogen) atoms. The standard InChI is InChI=1S/C15H19N5O2/c1-9-17-18-13-7-6-10(8-20(9)13)16-15(21)14-11-4-2-3-5-12(11)22-19-14/h10H,2-8H2,1H3,(H,16,21). The molecule has 0 saturated heterocycles. The first kappa shape index (κ1) is 13.5. The predicted octanol–water partition coefficient (Wildman–Crippen LogP) is 1.20. The van der Waals surface area contributed by atoms with Crippen molar-refractivity contribution in [2.24, 2.45) is 0 Å². The number of aromatic nitrogens is 4. The van der Waals surface area contributed by atoms with Gasteiger partial charge in [-0.25, -0.2) is 0 Å². The molecule has 0 aromatic carbocycles. The van der Waals surface area contributed by atoms with Gasteiger partial charge in [-0.2, -0.15) is 0 Å². The van der Waals surface area contributed by atoms with E-state index in [4.69, 9.17) is 4.52 Å². The second-order valence-corrected chi connectivity index (χ2v) is 6.12. The molecule has 0 fully saturated rings. The minimum absolute atomic E-state index is 0.0886. The molecule has 2 aliphatic rings. The van der Waals surface area contributed by atoms with Crippen LogP contribution in [0, 0.1) is 6.92 Å². The van der Waals surface area contributed by atoms with Crippen LogP contribution in [0.3, 0.4) is 0 Å². The fourth-order valence-electron chi connectivity index (χ4n) is 3.40. The molecule has 1 aliphatic heterocycles. The Bertz CT molecular complexity index is 718. The molecule has 0 bridgehead atoms. The lowest BCUT2D eigenvalue weighted by atomic mass is 9.96. The average molecular weight is 301 g/mol. The van der Waals surface area contributed by atoms with E-state index >= 15 is 0 Å². The number of aryl methyl sites for hydroxylation is 3. The monoisotopic (exact) mass is 301 g/mol. The zero-order chi connectivity index (χ0) is 15.1. The van der Waals surface area contributed by atoms with Crippen molar-refractivity contribution in [3.05, 3.63) is 28.7 Å². The molecule has 1 aliphatic carbocycles. The molecule has 0 saturated carbocycles. The fourth-order valence-corrected chi connectivity index (χ4v) is 3.40. The summed E-state index contributed by atoms with van der Waals surface area (Å²) in [5.41, 5.74) is 1.47. The number of carbonyl (C=O) groups excluding carboxylic acids is 1. The van der Waals surface area contributed by atoms with Crippen molar-refractivity contribution in [1.29, 1.82) is 0 Å². The van der Waals surface area contributed by atoms with Crippen LogP contribution in [0.4, 0.5) is 0 Å². The quantitative estimate of drug-likeness (QED) is 0.900. The molecule has 0 spiro atoms. The third kappa shape index (κ3) is 2.20. The van der Waals surface area contributed by atoms with Crippen LogP contribution in [0.2, 0.25) is 0 Å². The zero-order valence-electron chi connectivity index (χ0n) is 12.6. The number of fused-ring (bicyclic) bond motifs is 2. The minimum atomic E-state index is -0.119. The molecule has 7 nitrogen and oxygen atoms in total. The van der Waals surface area contributed by atoms with Gasteiger partial charge in [-0.1, -0.05) is 5.16 Å². The van der Waals surface area contributed by atoms with Crippen LogP contribution in [0.15, 0.2) is 4.52 Å². The SMILES string of the molecule is Cc1nnc2n1CC(NC(=O)c1noc3c1CCCC3)CC2. The molecule has 3 heterocycles. The number of rotatable bonds is 2. The van der Waals surface area contributed by atoms with Crippen molar-refractivity contribution >= 4 is 5.91 Å². The normalized spacial score (nSPS) is 20.3. The summed E-state index contributed by atoms with van der Waals surface area (Å²) in [4.78, 5) is 12.5. The van der Waals surface area contributed by atoms with E-state index in [1.54, 1.807) is 0 Å². The van der Waals surface area contributed by atoms with Gasteiger partial charge in [0.1, 0.15) is 17.4 Å². The molecule has 116 valence electrons. The lowest BCUT2D eigenvalue weighted by molar-refractivity contribution is 0.0917. The lowest BCUT2D eigenvalue weighted by Gasteiger charge is -2.24. The third-order valence-electron chi connectivity index (χ3n) is 4.63. The van der Waals surface area contributed by atoms with E-state index in [1.807, 2.05) is 6.92 Å². The summed E-state index contributed by atoms with van der Waals surface area (Å²) < 4.78 is 7.40. The first-order chi connectivity index (χ1) is 10.7. The highest BCUT2D eigenvalue weighted by Crippen LogP contribution is 2.24. The maximum atomic E-state index is 12.5. The lowest BCUT2D eigenvalue weighted by Crippen LogP contribution is -2.41. The molecule has 1 atom stereocenters. The Morgan fingerprint density at radius 2 is 2.14 bits per heavy atom. The van der Waals surface area contributed by atoms with Gasteiger partial charge < -0.3 is 14.4 Å². The summed E-state index contributed by atoms with van der Waals surface area (Å²) in [6.07, 6.45) is 5.71. The van der Waals surface area contributed by atoms with Crippen molar-refractivity contribution in [2.75, 3.05) is 0 Å². The molecule has 0 radical (unpaired) electrons. The Hall–Kier alpha value is -2.18. The summed E-state index contributed by atoms with van der Waals surface area (Å²) in [5.74, 6) is 2.66. The summed E-state index contributed by atoms with van der Waals surface area (Å²) in [7, 11) is 0. The maximum absolute atomic E-state index is 12.5. The molecule has 2 aromatic heterocycles. The van der Waals surface area contributed by atoms with Crippen molar-refractivity contribution in [3.63, 3.8) is 0 Å². The molecular formula is C15H19N5O2. The van der Waals surface area contributed by atoms with Crippen LogP contribution in [-0.4, -0.2) is 31.9 Å². The second kappa shape index (κ2) is 5.23. The van der Waals surface area contributed by atoms with E-state index in [1.165, 1.54) is 0 Å². The van der Waals surface area contributed by atoms with E-state index < -0.39 is 0 Å². The van der Waals surface area contributed by atoms with Crippen LogP contribution in [0.5, 0.6) is 0 Å². The highest BCUT2D eigenvalue weighted by Gasteiger charge is 2.27. The fraction of sp³-hybridized carbons (Fsp3) is 0.600. The van der Waals surface area contributed by atoms with Crippen LogP contribution < -0.4 is 5.32 Å². The Morgan fingerprint density at radius 1 is 1.27 bits per heavy atom. The molecule has 2 aromatic rings. The van der Waals surface area contributed by atoms with Crippen LogP contribution >= 0.6 is 0 Å². The van der Waals surface area contributed by atoms with Crippen LogP contribution in [0.1, 0.15) is 52.7 Å². The van der Waals surface area contributed by atoms with Gasteiger partial charge in [0.25, 0.3) is 5.91 Å². The number of hydrogen-bond acceptors (Lipinski definition) is 5. The van der Waals surface area contributed by atoms with Crippen molar-refractivity contribution in [3.8, 4) is 0 Å². The van der Waals surface area contributed by atoms with Gasteiger partial charge in [-0.05, 0) is 32.6 Å². The molecular weight excluding hydrogens is 282 g/mol. The van der Waals surface area contributed by atoms with E-state index in [9.17, 15) is 4.79 Å². The first-order valence-electron chi connectivity index (χ1n) is 7.89. The van der Waals surface area contributed by atoms with Crippen molar-refractivity contribution in [2.45, 2.75) is 58.0 Å². The molecule has 1 unspecified atom stereocenters. The summed E-state index contributed by atoms with van der Waals surface area (Å²) in [6, 6.07) is 0.0886. The van der Waals surface area contributed by atoms with Crippen LogP contribution in [0.25, 0.3) is 0 Å². The highest BCUT2D eigenvalue weighted by molar-refractivity contribution is 5.94. The Kier molecular flexibility index (Phi) is 3.20. The van der Waals surface area contributed by atoms with Crippen molar-refractivity contribution < 1.29 is 9.32 Å². The van der Waals surface area contributed by atoms with E-state index in [2.05, 4.69) is 25.2 Å². The third-order valence-corrected chi connectivity index (χ3v) is 4.63. The Balaban J connectivity index is 1.49. The van der Waals surface area contributed by atoms with Gasteiger partial charge in [0.05, 0.1) is 0 Å². The summed E-state index contributed by atoms with van der Waals surface area (Å²) in [6.45, 7) is 2.66. The average Bonchev–Trinajstić information content (AvgIpc) is 3.12. The first-order valence-corrected chi connectivity index (χ1v) is 7.89. The molecule has 1 amide bonds. The molecule has 7 heteroatoms. The van der Waals surface area contributed by atoms with E-state index in [-0.39, 0.29) is 11.9 Å². The van der Waals surface area contributed by atoms with Crippen LogP contribution in [-0.2, 0) is 25.8 Å². The van der Waals surface area contributed by atoms with Gasteiger partial charge in [0.2, 0.25) is 0 Å². The second-order valence-electron chi connectivity index (χ2n) is 6.12. The van der Waals surface area contributed by atoms with Gasteiger partial charge in [-0.3, -0.25) is 4.79 Å². The Labute approximate surface area is 128 Å². The van der Waals surface area contributed by atoms with E-state index in [0.717, 1.165) is 68.0 Å². The molecule has 1 N–H and O–H groups in total. The number of nitrogens with one attached hydrogen (secondary N) is 1. The smallest absolute Gasteiger partial charge is 0.274 e. The highest BCUT2D eigenvalue weighted by atomic mass is 16.5. The van der Waals surface area contributed by atoms with Gasteiger partial charge in [-0.15, -0.1) is 10.2 Å². The number of carbonyl (C=O) groups is 1. The Morgan fingerprint density at radius 3 is 3.05 bits per heavy atom. The summed E-state index contributed by atoms with van der Waals surface area (Å²) >= 11 is 0. The largest absolute Gasteiger partial charge is 0.360 e. The minimum Gasteiger partial charge on any atom is -0.360 e. The zero-order valence-corrected chi connectivity index (χ0v) is 12.6. The maximum Gasteiger partial charge on any atom is 0.274 e. The van der Waals surface area contributed by atoms with Gasteiger partial charge in [0, 0.05) is 31.0 Å². The van der Waals surface area contributed by atoms with E-state index in [0.29, 0.717) is 5.69 Å². The topological polar surface area (TPSA) is 85.8 Å². The number of amides is 1. The van der Waals surface area contributed by atoms with Crippen molar-refractivity contribution in [1.82, 2.24) is 25.2 Å². The van der Waals surface area contributed by atoms with Gasteiger partial charge >= 0.3 is 0 Å². The van der Waals surface area contributed by atoms with Gasteiger partial charge in [0.15, 0.2) is 5.69 Å².